The number of carbonyl (C=O) groups is 3. The Kier molecular flexibility index (Phi) is 5.92. The summed E-state index contributed by atoms with van der Waals surface area (Å²) < 4.78 is 11.4. The maximum atomic E-state index is 13.1. The number of hydrogen-bond acceptors (Lipinski definition) is 5. The number of imide groups is 2. The number of anilines is 1. The standard InChI is InChI=1S/C21H19IN2O5/c1-11-5-12(2)7-14(6-11)24-20(26)15(19(25)23-21(24)27)8-13-9-16(22)18(29-4)17(10-13)28-3/h5-10H,1-4H3,(H,23,25,27). The number of nitrogens with one attached hydrogen (secondary N) is 1. The van der Waals surface area contributed by atoms with Crippen LogP contribution in [-0.4, -0.2) is 32.1 Å². The number of nitrogens with zero attached hydrogens (tertiary/aromatic N) is 1. The summed E-state index contributed by atoms with van der Waals surface area (Å²) in [6.45, 7) is 3.74. The lowest BCUT2D eigenvalue weighted by molar-refractivity contribution is -0.122. The second-order valence-electron chi connectivity index (χ2n) is 6.54. The Bertz CT molecular complexity index is 1040. The van der Waals surface area contributed by atoms with Gasteiger partial charge >= 0.3 is 6.03 Å². The van der Waals surface area contributed by atoms with Gasteiger partial charge in [0.1, 0.15) is 5.57 Å². The number of hydrogen-bond donors (Lipinski definition) is 1. The molecule has 2 aromatic carbocycles. The van der Waals surface area contributed by atoms with Crippen molar-refractivity contribution >= 4 is 52.2 Å². The Morgan fingerprint density at radius 2 is 1.62 bits per heavy atom. The summed E-state index contributed by atoms with van der Waals surface area (Å²) in [7, 11) is 3.04. The summed E-state index contributed by atoms with van der Waals surface area (Å²) in [5, 5.41) is 2.23. The fourth-order valence-corrected chi connectivity index (χ4v) is 4.01. The molecule has 0 aromatic heterocycles. The van der Waals surface area contributed by atoms with Gasteiger partial charge in [0.15, 0.2) is 11.5 Å². The first-order chi connectivity index (χ1) is 13.7. The Labute approximate surface area is 181 Å². The molecule has 2 aromatic rings. The normalized spacial score (nSPS) is 15.6. The third-order valence-corrected chi connectivity index (χ3v) is 5.13. The molecular formula is C21H19IN2O5. The first kappa shape index (κ1) is 20.8. The van der Waals surface area contributed by atoms with Gasteiger partial charge in [-0.2, -0.15) is 0 Å². The lowest BCUT2D eigenvalue weighted by Gasteiger charge is -2.27. The highest BCUT2D eigenvalue weighted by Crippen LogP contribution is 2.34. The van der Waals surface area contributed by atoms with Gasteiger partial charge in [-0.25, -0.2) is 9.69 Å². The average Bonchev–Trinajstić information content (AvgIpc) is 2.63. The van der Waals surface area contributed by atoms with Crippen LogP contribution in [0.3, 0.4) is 0 Å². The Hall–Kier alpha value is -2.88. The molecule has 1 N–H and O–H groups in total. The molecule has 0 bridgehead atoms. The molecule has 8 heteroatoms. The molecule has 150 valence electrons. The molecular weight excluding hydrogens is 487 g/mol. The van der Waals surface area contributed by atoms with Crippen LogP contribution in [0.1, 0.15) is 16.7 Å². The van der Waals surface area contributed by atoms with E-state index in [1.54, 1.807) is 24.3 Å². The molecule has 1 aliphatic rings. The minimum absolute atomic E-state index is 0.147. The van der Waals surface area contributed by atoms with Crippen LogP contribution in [0.25, 0.3) is 6.08 Å². The van der Waals surface area contributed by atoms with E-state index in [9.17, 15) is 14.4 Å². The van der Waals surface area contributed by atoms with Gasteiger partial charge in [0.25, 0.3) is 11.8 Å². The van der Waals surface area contributed by atoms with E-state index in [2.05, 4.69) is 27.9 Å². The van der Waals surface area contributed by atoms with Gasteiger partial charge in [-0.05, 0) is 83.5 Å². The molecule has 0 atom stereocenters. The first-order valence-corrected chi connectivity index (χ1v) is 9.74. The van der Waals surface area contributed by atoms with Gasteiger partial charge in [0.05, 0.1) is 23.5 Å². The van der Waals surface area contributed by atoms with E-state index in [1.165, 1.54) is 20.3 Å². The number of methoxy groups -OCH3 is 2. The van der Waals surface area contributed by atoms with Crippen molar-refractivity contribution in [1.29, 1.82) is 0 Å². The van der Waals surface area contributed by atoms with Crippen LogP contribution in [-0.2, 0) is 9.59 Å². The molecule has 29 heavy (non-hydrogen) atoms. The van der Waals surface area contributed by atoms with Gasteiger partial charge in [-0.3, -0.25) is 14.9 Å². The van der Waals surface area contributed by atoms with Crippen LogP contribution >= 0.6 is 22.6 Å². The van der Waals surface area contributed by atoms with E-state index in [-0.39, 0.29) is 5.57 Å². The van der Waals surface area contributed by atoms with Crippen LogP contribution in [0.4, 0.5) is 10.5 Å². The zero-order chi connectivity index (χ0) is 21.3. The molecule has 0 spiro atoms. The Morgan fingerprint density at radius 1 is 0.966 bits per heavy atom. The Balaban J connectivity index is 2.07. The van der Waals surface area contributed by atoms with Crippen molar-refractivity contribution < 1.29 is 23.9 Å². The lowest BCUT2D eigenvalue weighted by Crippen LogP contribution is -2.54. The molecule has 1 fully saturated rings. The lowest BCUT2D eigenvalue weighted by atomic mass is 10.0. The highest BCUT2D eigenvalue weighted by molar-refractivity contribution is 14.1. The summed E-state index contributed by atoms with van der Waals surface area (Å²) in [6.07, 6.45) is 1.43. The van der Waals surface area contributed by atoms with Crippen molar-refractivity contribution in [3.8, 4) is 11.5 Å². The smallest absolute Gasteiger partial charge is 0.335 e. The molecule has 1 heterocycles. The number of barbiturate groups is 1. The van der Waals surface area contributed by atoms with Crippen LogP contribution in [0.5, 0.6) is 11.5 Å². The average molecular weight is 506 g/mol. The van der Waals surface area contributed by atoms with Gasteiger partial charge in [-0.15, -0.1) is 0 Å². The molecule has 0 radical (unpaired) electrons. The minimum atomic E-state index is -0.774. The van der Waals surface area contributed by atoms with Crippen molar-refractivity contribution in [2.45, 2.75) is 13.8 Å². The van der Waals surface area contributed by atoms with Crippen molar-refractivity contribution in [2.75, 3.05) is 19.1 Å². The third-order valence-electron chi connectivity index (χ3n) is 4.33. The Morgan fingerprint density at radius 3 is 2.21 bits per heavy atom. The number of carbonyl (C=O) groups excluding carboxylic acids is 3. The van der Waals surface area contributed by atoms with Gasteiger partial charge < -0.3 is 9.47 Å². The molecule has 3 rings (SSSR count). The predicted octanol–water partition coefficient (Wildman–Crippen LogP) is 3.59. The van der Waals surface area contributed by atoms with Crippen molar-refractivity contribution in [3.05, 3.63) is 56.2 Å². The quantitative estimate of drug-likeness (QED) is 0.390. The summed E-state index contributed by atoms with van der Waals surface area (Å²) >= 11 is 2.08. The maximum Gasteiger partial charge on any atom is 0.335 e. The van der Waals surface area contributed by atoms with Gasteiger partial charge in [0.2, 0.25) is 0 Å². The molecule has 1 aliphatic heterocycles. The summed E-state index contributed by atoms with van der Waals surface area (Å²) in [4.78, 5) is 38.8. The number of amides is 4. The monoisotopic (exact) mass is 506 g/mol. The van der Waals surface area contributed by atoms with Gasteiger partial charge in [-0.1, -0.05) is 6.07 Å². The number of rotatable bonds is 4. The van der Waals surface area contributed by atoms with E-state index in [1.807, 2.05) is 19.9 Å². The van der Waals surface area contributed by atoms with Crippen LogP contribution < -0.4 is 19.7 Å². The van der Waals surface area contributed by atoms with Gasteiger partial charge in [0, 0.05) is 0 Å². The topological polar surface area (TPSA) is 84.9 Å². The van der Waals surface area contributed by atoms with Crippen LogP contribution in [0.2, 0.25) is 0 Å². The fraction of sp³-hybridized carbons (Fsp3) is 0.190. The zero-order valence-corrected chi connectivity index (χ0v) is 18.5. The molecule has 4 amide bonds. The number of ether oxygens (including phenoxy) is 2. The third kappa shape index (κ3) is 4.12. The van der Waals surface area contributed by atoms with E-state index in [4.69, 9.17) is 9.47 Å². The highest BCUT2D eigenvalue weighted by atomic mass is 127. The molecule has 0 saturated carbocycles. The fourth-order valence-electron chi connectivity index (χ4n) is 3.16. The van der Waals surface area contributed by atoms with E-state index < -0.39 is 17.8 Å². The maximum absolute atomic E-state index is 13.1. The van der Waals surface area contributed by atoms with Crippen LogP contribution in [0.15, 0.2) is 35.9 Å². The van der Waals surface area contributed by atoms with Crippen LogP contribution in [0, 0.1) is 17.4 Å². The summed E-state index contributed by atoms with van der Waals surface area (Å²) in [6, 6.07) is 8.01. The van der Waals surface area contributed by atoms with Crippen molar-refractivity contribution in [2.24, 2.45) is 0 Å². The van der Waals surface area contributed by atoms with Crippen molar-refractivity contribution in [3.63, 3.8) is 0 Å². The number of urea groups is 1. The predicted molar refractivity (Wildman–Crippen MR) is 117 cm³/mol. The number of benzene rings is 2. The first-order valence-electron chi connectivity index (χ1n) is 8.66. The van der Waals surface area contributed by atoms with E-state index >= 15 is 0 Å². The highest BCUT2D eigenvalue weighted by Gasteiger charge is 2.37. The number of halogens is 1. The SMILES string of the molecule is COc1cc(C=C2C(=O)NC(=O)N(c3cc(C)cc(C)c3)C2=O)cc(I)c1OC. The molecule has 1 saturated heterocycles. The largest absolute Gasteiger partial charge is 0.493 e. The molecule has 7 nitrogen and oxygen atoms in total. The van der Waals surface area contributed by atoms with Crippen molar-refractivity contribution in [1.82, 2.24) is 5.32 Å². The van der Waals surface area contributed by atoms with E-state index in [0.29, 0.717) is 22.7 Å². The molecule has 0 aliphatic carbocycles. The molecule has 0 unspecified atom stereocenters. The van der Waals surface area contributed by atoms with E-state index in [0.717, 1.165) is 19.6 Å². The number of aryl methyl sites for hydroxylation is 2. The second-order valence-corrected chi connectivity index (χ2v) is 7.70. The zero-order valence-electron chi connectivity index (χ0n) is 16.3. The minimum Gasteiger partial charge on any atom is -0.493 e. The second kappa shape index (κ2) is 8.24. The summed E-state index contributed by atoms with van der Waals surface area (Å²) in [5.41, 5.74) is 2.63. The summed E-state index contributed by atoms with van der Waals surface area (Å²) in [5.74, 6) is -0.405.